The largest absolute Gasteiger partial charge is 0.465 e. The molecule has 3 nitrogen and oxygen atoms in total. The quantitative estimate of drug-likeness (QED) is 0.848. The number of nitrogens with one attached hydrogen (secondary N) is 1. The van der Waals surface area contributed by atoms with Gasteiger partial charge in [0.15, 0.2) is 0 Å². The van der Waals surface area contributed by atoms with Gasteiger partial charge in [-0.25, -0.2) is 4.79 Å². The number of hydrogen-bond acceptors (Lipinski definition) is 3. The van der Waals surface area contributed by atoms with Crippen LogP contribution in [0.4, 0.5) is 0 Å². The van der Waals surface area contributed by atoms with Crippen molar-refractivity contribution in [2.75, 3.05) is 13.7 Å². The van der Waals surface area contributed by atoms with E-state index in [1.165, 1.54) is 0 Å². The normalized spacial score (nSPS) is 12.2. The highest BCUT2D eigenvalue weighted by Gasteiger charge is 2.20. The van der Waals surface area contributed by atoms with Crippen molar-refractivity contribution in [2.24, 2.45) is 0 Å². The highest BCUT2D eigenvalue weighted by molar-refractivity contribution is 6.42. The van der Waals surface area contributed by atoms with Gasteiger partial charge in [-0.2, -0.15) is 0 Å². The lowest BCUT2D eigenvalue weighted by atomic mass is 10.1. The minimum Gasteiger partial charge on any atom is -0.465 e. The molecular formula is C11H13Cl2NO2. The molecule has 0 radical (unpaired) electrons. The van der Waals surface area contributed by atoms with Crippen molar-refractivity contribution in [2.45, 2.75) is 13.0 Å². The predicted octanol–water partition coefficient (Wildman–Crippen LogP) is 2.82. The average Bonchev–Trinajstić information content (AvgIpc) is 2.25. The number of halogens is 2. The Balaban J connectivity index is 2.95. The number of carbonyl (C=O) groups excluding carboxylic acids is 1. The van der Waals surface area contributed by atoms with Gasteiger partial charge in [0.1, 0.15) is 6.04 Å². The first-order valence-electron chi connectivity index (χ1n) is 4.89. The number of hydrogen-bond donors (Lipinski definition) is 1. The Hall–Kier alpha value is -0.770. The third-order valence-corrected chi connectivity index (χ3v) is 2.83. The fourth-order valence-corrected chi connectivity index (χ4v) is 1.64. The van der Waals surface area contributed by atoms with E-state index in [1.54, 1.807) is 32.2 Å². The number of carbonyl (C=O) groups is 1. The minimum absolute atomic E-state index is 0.330. The van der Waals surface area contributed by atoms with Crippen molar-refractivity contribution in [3.63, 3.8) is 0 Å². The molecule has 1 N–H and O–H groups in total. The van der Waals surface area contributed by atoms with Gasteiger partial charge in [-0.15, -0.1) is 0 Å². The molecule has 88 valence electrons. The molecule has 1 rings (SSSR count). The minimum atomic E-state index is -0.519. The van der Waals surface area contributed by atoms with E-state index in [9.17, 15) is 4.79 Å². The zero-order valence-corrected chi connectivity index (χ0v) is 10.6. The molecule has 0 heterocycles. The van der Waals surface area contributed by atoms with E-state index in [4.69, 9.17) is 27.9 Å². The van der Waals surface area contributed by atoms with Crippen LogP contribution in [0.1, 0.15) is 18.5 Å². The summed E-state index contributed by atoms with van der Waals surface area (Å²) in [6.45, 7) is 2.11. The summed E-state index contributed by atoms with van der Waals surface area (Å²) in [5.41, 5.74) is 0.732. The Bertz CT molecular complexity index is 382. The van der Waals surface area contributed by atoms with Crippen LogP contribution in [0.25, 0.3) is 0 Å². The smallest absolute Gasteiger partial charge is 0.327 e. The molecule has 0 saturated heterocycles. The Kier molecular flexibility index (Phi) is 5.06. The molecule has 1 aromatic carbocycles. The molecule has 1 unspecified atom stereocenters. The Morgan fingerprint density at radius 1 is 1.44 bits per heavy atom. The second-order valence-electron chi connectivity index (χ2n) is 3.15. The highest BCUT2D eigenvalue weighted by atomic mass is 35.5. The van der Waals surface area contributed by atoms with E-state index in [-0.39, 0.29) is 5.97 Å². The summed E-state index contributed by atoms with van der Waals surface area (Å²) in [4.78, 5) is 11.6. The molecule has 0 aromatic heterocycles. The number of rotatable bonds is 4. The molecule has 0 aliphatic carbocycles. The van der Waals surface area contributed by atoms with Crippen LogP contribution in [-0.2, 0) is 9.53 Å². The lowest BCUT2D eigenvalue weighted by Crippen LogP contribution is -2.27. The van der Waals surface area contributed by atoms with Crippen LogP contribution in [0.3, 0.4) is 0 Å². The molecule has 0 aliphatic heterocycles. The van der Waals surface area contributed by atoms with Gasteiger partial charge in [-0.05, 0) is 31.7 Å². The van der Waals surface area contributed by atoms with E-state index in [1.807, 2.05) is 0 Å². The summed E-state index contributed by atoms with van der Waals surface area (Å²) in [6.07, 6.45) is 0. The van der Waals surface area contributed by atoms with E-state index < -0.39 is 6.04 Å². The van der Waals surface area contributed by atoms with Crippen LogP contribution in [-0.4, -0.2) is 19.6 Å². The Morgan fingerprint density at radius 2 is 2.12 bits per heavy atom. The Labute approximate surface area is 105 Å². The topological polar surface area (TPSA) is 38.3 Å². The predicted molar refractivity (Wildman–Crippen MR) is 64.9 cm³/mol. The molecule has 1 aromatic rings. The summed E-state index contributed by atoms with van der Waals surface area (Å²) < 4.78 is 4.94. The molecule has 16 heavy (non-hydrogen) atoms. The molecule has 0 spiro atoms. The summed E-state index contributed by atoms with van der Waals surface area (Å²) in [6, 6.07) is 4.53. The van der Waals surface area contributed by atoms with Gasteiger partial charge < -0.3 is 10.1 Å². The fourth-order valence-electron chi connectivity index (χ4n) is 1.34. The van der Waals surface area contributed by atoms with Crippen LogP contribution in [0.2, 0.25) is 10.0 Å². The van der Waals surface area contributed by atoms with Crippen LogP contribution in [0, 0.1) is 0 Å². The standard InChI is InChI=1S/C11H13Cl2NO2/c1-3-16-11(15)10(14-2)7-4-5-8(12)9(13)6-7/h4-6,10,14H,3H2,1-2H3. The van der Waals surface area contributed by atoms with Crippen molar-refractivity contribution in [3.05, 3.63) is 33.8 Å². The lowest BCUT2D eigenvalue weighted by molar-refractivity contribution is -0.145. The highest BCUT2D eigenvalue weighted by Crippen LogP contribution is 2.26. The van der Waals surface area contributed by atoms with Crippen molar-refractivity contribution < 1.29 is 9.53 Å². The SMILES string of the molecule is CCOC(=O)C(NC)c1ccc(Cl)c(Cl)c1. The maximum absolute atomic E-state index is 11.6. The second-order valence-corrected chi connectivity index (χ2v) is 3.96. The summed E-state index contributed by atoms with van der Waals surface area (Å²) in [7, 11) is 1.68. The van der Waals surface area contributed by atoms with Gasteiger partial charge in [0, 0.05) is 0 Å². The summed E-state index contributed by atoms with van der Waals surface area (Å²) in [5, 5.41) is 3.76. The van der Waals surface area contributed by atoms with E-state index in [0.717, 1.165) is 5.56 Å². The maximum Gasteiger partial charge on any atom is 0.327 e. The summed E-state index contributed by atoms with van der Waals surface area (Å²) in [5.74, 6) is -0.330. The van der Waals surface area contributed by atoms with Crippen LogP contribution >= 0.6 is 23.2 Å². The van der Waals surface area contributed by atoms with E-state index in [0.29, 0.717) is 16.7 Å². The zero-order valence-electron chi connectivity index (χ0n) is 9.09. The van der Waals surface area contributed by atoms with Crippen LogP contribution in [0.5, 0.6) is 0 Å². The molecule has 0 fully saturated rings. The fraction of sp³-hybridized carbons (Fsp3) is 0.364. The van der Waals surface area contributed by atoms with Crippen LogP contribution < -0.4 is 5.32 Å². The number of likely N-dealkylation sites (N-methyl/N-ethyl adjacent to an activating group) is 1. The monoisotopic (exact) mass is 261 g/mol. The van der Waals surface area contributed by atoms with Crippen molar-refractivity contribution in [1.29, 1.82) is 0 Å². The molecule has 5 heteroatoms. The second kappa shape index (κ2) is 6.09. The first-order valence-corrected chi connectivity index (χ1v) is 5.64. The van der Waals surface area contributed by atoms with Gasteiger partial charge in [-0.3, -0.25) is 0 Å². The number of benzene rings is 1. The third-order valence-electron chi connectivity index (χ3n) is 2.09. The van der Waals surface area contributed by atoms with Crippen molar-refractivity contribution in [3.8, 4) is 0 Å². The molecule has 0 saturated carbocycles. The zero-order chi connectivity index (χ0) is 12.1. The van der Waals surface area contributed by atoms with E-state index >= 15 is 0 Å². The van der Waals surface area contributed by atoms with Gasteiger partial charge in [0.05, 0.1) is 16.7 Å². The van der Waals surface area contributed by atoms with Gasteiger partial charge in [-0.1, -0.05) is 29.3 Å². The molecule has 0 aliphatic rings. The molecule has 0 amide bonds. The number of ether oxygens (including phenoxy) is 1. The number of esters is 1. The van der Waals surface area contributed by atoms with Gasteiger partial charge in [0.2, 0.25) is 0 Å². The molecule has 1 atom stereocenters. The van der Waals surface area contributed by atoms with E-state index in [2.05, 4.69) is 5.32 Å². The first kappa shape index (κ1) is 13.3. The molecule has 0 bridgehead atoms. The average molecular weight is 262 g/mol. The van der Waals surface area contributed by atoms with Gasteiger partial charge in [0.25, 0.3) is 0 Å². The first-order chi connectivity index (χ1) is 7.60. The van der Waals surface area contributed by atoms with Crippen LogP contribution in [0.15, 0.2) is 18.2 Å². The van der Waals surface area contributed by atoms with Gasteiger partial charge >= 0.3 is 5.97 Å². The lowest BCUT2D eigenvalue weighted by Gasteiger charge is -2.15. The third kappa shape index (κ3) is 3.11. The Morgan fingerprint density at radius 3 is 2.62 bits per heavy atom. The summed E-state index contributed by atoms with van der Waals surface area (Å²) >= 11 is 11.7. The van der Waals surface area contributed by atoms with Crippen molar-refractivity contribution >= 4 is 29.2 Å². The molecular weight excluding hydrogens is 249 g/mol. The van der Waals surface area contributed by atoms with Crippen molar-refractivity contribution in [1.82, 2.24) is 5.32 Å². The maximum atomic E-state index is 11.6.